The average molecular weight is 254 g/mol. The molecule has 0 radical (unpaired) electrons. The molecule has 0 aromatic carbocycles. The maximum Gasteiger partial charge on any atom is 0.271 e. The Morgan fingerprint density at radius 2 is 2.06 bits per heavy atom. The first kappa shape index (κ1) is 14.5. The van der Waals surface area contributed by atoms with Crippen molar-refractivity contribution < 1.29 is 9.90 Å². The van der Waals surface area contributed by atoms with Gasteiger partial charge in [0.1, 0.15) is 5.69 Å². The number of carbonyl (C=O) groups excluding carboxylic acids is 1. The van der Waals surface area contributed by atoms with Gasteiger partial charge in [0.05, 0.1) is 11.4 Å². The Kier molecular flexibility index (Phi) is 5.64. The van der Waals surface area contributed by atoms with Crippen molar-refractivity contribution in [2.75, 3.05) is 18.9 Å². The molecule has 4 N–H and O–H groups in total. The van der Waals surface area contributed by atoms with Crippen molar-refractivity contribution >= 4 is 11.6 Å². The summed E-state index contributed by atoms with van der Waals surface area (Å²) in [5, 5.41) is 15.6. The maximum atomic E-state index is 11.9. The number of aliphatic hydroxyl groups is 1. The lowest BCUT2D eigenvalue weighted by atomic mass is 10.2. The minimum atomic E-state index is -0.183. The van der Waals surface area contributed by atoms with E-state index < -0.39 is 0 Å². The molecule has 0 aliphatic heterocycles. The summed E-state index contributed by atoms with van der Waals surface area (Å²) in [4.78, 5) is 11.9. The molecular weight excluding hydrogens is 232 g/mol. The molecule has 18 heavy (non-hydrogen) atoms. The molecule has 1 aromatic heterocycles. The summed E-state index contributed by atoms with van der Waals surface area (Å²) in [7, 11) is 1.71. The minimum Gasteiger partial charge on any atom is -0.396 e. The van der Waals surface area contributed by atoms with E-state index in [2.05, 4.69) is 10.4 Å². The van der Waals surface area contributed by atoms with Crippen LogP contribution in [0.25, 0.3) is 0 Å². The first-order valence-electron chi connectivity index (χ1n) is 6.26. The Bertz CT molecular complexity index is 401. The molecule has 0 atom stereocenters. The second-order valence-electron chi connectivity index (χ2n) is 4.37. The van der Waals surface area contributed by atoms with E-state index >= 15 is 0 Å². The van der Waals surface area contributed by atoms with Gasteiger partial charge in [-0.3, -0.25) is 9.48 Å². The van der Waals surface area contributed by atoms with Gasteiger partial charge in [0, 0.05) is 20.2 Å². The molecule has 0 bridgehead atoms. The Labute approximate surface area is 107 Å². The summed E-state index contributed by atoms with van der Waals surface area (Å²) < 4.78 is 1.51. The third-order valence-electron chi connectivity index (χ3n) is 2.85. The molecule has 0 saturated carbocycles. The van der Waals surface area contributed by atoms with Crippen molar-refractivity contribution in [2.24, 2.45) is 7.05 Å². The predicted octanol–water partition coefficient (Wildman–Crippen LogP) is 0.593. The molecule has 0 spiro atoms. The minimum absolute atomic E-state index is 0.183. The lowest BCUT2D eigenvalue weighted by Gasteiger charge is -2.06. The average Bonchev–Trinajstić information content (AvgIpc) is 2.58. The summed E-state index contributed by atoms with van der Waals surface area (Å²) in [6.07, 6.45) is 3.71. The van der Waals surface area contributed by atoms with E-state index in [0.717, 1.165) is 25.7 Å². The second-order valence-corrected chi connectivity index (χ2v) is 4.37. The molecule has 6 heteroatoms. The molecule has 102 valence electrons. The van der Waals surface area contributed by atoms with Crippen LogP contribution in [0, 0.1) is 6.92 Å². The van der Waals surface area contributed by atoms with Crippen LogP contribution in [0.2, 0.25) is 0 Å². The number of nitrogens with one attached hydrogen (secondary N) is 1. The summed E-state index contributed by atoms with van der Waals surface area (Å²) in [5.74, 6) is -0.183. The molecule has 0 aliphatic carbocycles. The van der Waals surface area contributed by atoms with Crippen LogP contribution in [0.4, 0.5) is 5.69 Å². The third-order valence-corrected chi connectivity index (χ3v) is 2.85. The molecule has 0 unspecified atom stereocenters. The van der Waals surface area contributed by atoms with Gasteiger partial charge < -0.3 is 16.2 Å². The van der Waals surface area contributed by atoms with Crippen molar-refractivity contribution in [3.05, 3.63) is 11.4 Å². The van der Waals surface area contributed by atoms with Crippen LogP contribution in [0.15, 0.2) is 0 Å². The molecule has 1 amide bonds. The largest absolute Gasteiger partial charge is 0.396 e. The van der Waals surface area contributed by atoms with Gasteiger partial charge in [-0.1, -0.05) is 12.8 Å². The van der Waals surface area contributed by atoms with E-state index in [0.29, 0.717) is 23.6 Å². The van der Waals surface area contributed by atoms with E-state index in [1.807, 2.05) is 0 Å². The normalized spacial score (nSPS) is 10.6. The fourth-order valence-electron chi connectivity index (χ4n) is 1.82. The number of carbonyl (C=O) groups is 1. The molecular formula is C12H22N4O2. The van der Waals surface area contributed by atoms with E-state index in [9.17, 15) is 4.79 Å². The Balaban J connectivity index is 2.37. The number of hydrogen-bond donors (Lipinski definition) is 3. The van der Waals surface area contributed by atoms with E-state index in [4.69, 9.17) is 10.8 Å². The highest BCUT2D eigenvalue weighted by Gasteiger charge is 2.16. The number of amides is 1. The number of anilines is 1. The fourth-order valence-corrected chi connectivity index (χ4v) is 1.82. The molecule has 1 rings (SSSR count). The van der Waals surface area contributed by atoms with Crippen LogP contribution in [-0.4, -0.2) is 33.9 Å². The molecule has 1 aromatic rings. The first-order valence-corrected chi connectivity index (χ1v) is 6.26. The van der Waals surface area contributed by atoms with Crippen molar-refractivity contribution in [1.82, 2.24) is 15.1 Å². The number of rotatable bonds is 7. The van der Waals surface area contributed by atoms with Crippen molar-refractivity contribution in [3.8, 4) is 0 Å². The van der Waals surface area contributed by atoms with Gasteiger partial charge in [0.25, 0.3) is 5.91 Å². The van der Waals surface area contributed by atoms with E-state index in [1.54, 1.807) is 14.0 Å². The molecule has 0 saturated heterocycles. The van der Waals surface area contributed by atoms with Crippen LogP contribution in [0.3, 0.4) is 0 Å². The van der Waals surface area contributed by atoms with Gasteiger partial charge >= 0.3 is 0 Å². The van der Waals surface area contributed by atoms with Gasteiger partial charge in [-0.15, -0.1) is 0 Å². The highest BCUT2D eigenvalue weighted by atomic mass is 16.2. The van der Waals surface area contributed by atoms with Crippen LogP contribution in [-0.2, 0) is 7.05 Å². The van der Waals surface area contributed by atoms with Gasteiger partial charge in [-0.25, -0.2) is 0 Å². The smallest absolute Gasteiger partial charge is 0.271 e. The van der Waals surface area contributed by atoms with Crippen LogP contribution in [0.5, 0.6) is 0 Å². The lowest BCUT2D eigenvalue weighted by Crippen LogP contribution is -2.27. The fraction of sp³-hybridized carbons (Fsp3) is 0.667. The number of aryl methyl sites for hydroxylation is 2. The molecule has 1 heterocycles. The molecule has 6 nitrogen and oxygen atoms in total. The summed E-state index contributed by atoms with van der Waals surface area (Å²) >= 11 is 0. The number of hydrogen-bond acceptors (Lipinski definition) is 4. The van der Waals surface area contributed by atoms with Crippen molar-refractivity contribution in [2.45, 2.75) is 32.6 Å². The molecule has 0 fully saturated rings. The third kappa shape index (κ3) is 3.73. The number of unbranched alkanes of at least 4 members (excludes halogenated alkanes) is 3. The second kappa shape index (κ2) is 7.00. The van der Waals surface area contributed by atoms with E-state index in [1.165, 1.54) is 4.68 Å². The Hall–Kier alpha value is -1.56. The van der Waals surface area contributed by atoms with Gasteiger partial charge in [-0.2, -0.15) is 5.10 Å². The molecule has 0 aliphatic rings. The zero-order chi connectivity index (χ0) is 13.5. The predicted molar refractivity (Wildman–Crippen MR) is 70.2 cm³/mol. The first-order chi connectivity index (χ1) is 8.57. The number of aromatic nitrogens is 2. The van der Waals surface area contributed by atoms with Crippen molar-refractivity contribution in [3.63, 3.8) is 0 Å². The zero-order valence-electron chi connectivity index (χ0n) is 11.1. The SMILES string of the molecule is Cc1nn(C)c(C(=O)NCCCCCCO)c1N. The monoisotopic (exact) mass is 254 g/mol. The van der Waals surface area contributed by atoms with Crippen LogP contribution < -0.4 is 11.1 Å². The van der Waals surface area contributed by atoms with Gasteiger partial charge in [0.15, 0.2) is 0 Å². The van der Waals surface area contributed by atoms with Gasteiger partial charge in [-0.05, 0) is 19.8 Å². The summed E-state index contributed by atoms with van der Waals surface area (Å²) in [6.45, 7) is 2.63. The summed E-state index contributed by atoms with van der Waals surface area (Å²) in [6, 6.07) is 0. The van der Waals surface area contributed by atoms with Crippen LogP contribution in [0.1, 0.15) is 41.9 Å². The summed E-state index contributed by atoms with van der Waals surface area (Å²) in [5.41, 5.74) is 7.33. The zero-order valence-corrected chi connectivity index (χ0v) is 11.1. The highest BCUT2D eigenvalue weighted by molar-refractivity contribution is 5.97. The highest BCUT2D eigenvalue weighted by Crippen LogP contribution is 2.14. The topological polar surface area (TPSA) is 93.2 Å². The quantitative estimate of drug-likeness (QED) is 0.621. The lowest BCUT2D eigenvalue weighted by molar-refractivity contribution is 0.0944. The number of nitrogen functional groups attached to an aromatic ring is 1. The Morgan fingerprint density at radius 1 is 1.39 bits per heavy atom. The van der Waals surface area contributed by atoms with Crippen molar-refractivity contribution in [1.29, 1.82) is 0 Å². The maximum absolute atomic E-state index is 11.9. The van der Waals surface area contributed by atoms with Crippen LogP contribution >= 0.6 is 0 Å². The number of nitrogens with two attached hydrogens (primary N) is 1. The number of nitrogens with zero attached hydrogens (tertiary/aromatic N) is 2. The standard InChI is InChI=1S/C12H22N4O2/c1-9-10(13)11(16(2)15-9)12(18)14-7-5-3-4-6-8-17/h17H,3-8,13H2,1-2H3,(H,14,18). The van der Waals surface area contributed by atoms with Gasteiger partial charge in [0.2, 0.25) is 0 Å². The van der Waals surface area contributed by atoms with E-state index in [-0.39, 0.29) is 12.5 Å². The number of aliphatic hydroxyl groups excluding tert-OH is 1. The Morgan fingerprint density at radius 3 is 2.61 bits per heavy atom.